The van der Waals surface area contributed by atoms with Gasteiger partial charge in [-0.15, -0.1) is 0 Å². The molecule has 6 nitrogen and oxygen atoms in total. The van der Waals surface area contributed by atoms with Crippen LogP contribution in [-0.2, 0) is 14.3 Å². The van der Waals surface area contributed by atoms with Crippen molar-refractivity contribution in [3.63, 3.8) is 0 Å². The van der Waals surface area contributed by atoms with Gasteiger partial charge >= 0.3 is 5.97 Å². The fourth-order valence-electron chi connectivity index (χ4n) is 6.98. The SMILES string of the molecule is CCCCCC/C=C\CCCCCCCC(=O)OCCCCCCCCCCCCCCCC(=O)NC(CO)C(O)CCCCCCCCCCC. The van der Waals surface area contributed by atoms with Crippen LogP contribution in [0.15, 0.2) is 12.2 Å². The van der Waals surface area contributed by atoms with Gasteiger partial charge in [0.05, 0.1) is 25.4 Å². The number of hydrogen-bond acceptors (Lipinski definition) is 5. The second-order valence-corrected chi connectivity index (χ2v) is 15.7. The fraction of sp³-hybridized carbons (Fsp3) is 0.913. The molecule has 2 atom stereocenters. The highest BCUT2D eigenvalue weighted by Gasteiger charge is 2.20. The molecule has 0 aliphatic rings. The lowest BCUT2D eigenvalue weighted by atomic mass is 10.0. The molecule has 0 aromatic heterocycles. The van der Waals surface area contributed by atoms with Crippen molar-refractivity contribution in [2.45, 2.75) is 257 Å². The highest BCUT2D eigenvalue weighted by molar-refractivity contribution is 5.76. The Morgan fingerprint density at radius 2 is 0.904 bits per heavy atom. The molecule has 0 bridgehead atoms. The number of ether oxygens (including phenoxy) is 1. The Morgan fingerprint density at radius 3 is 1.38 bits per heavy atom. The van der Waals surface area contributed by atoms with Gasteiger partial charge in [0.1, 0.15) is 0 Å². The molecule has 1 amide bonds. The Morgan fingerprint density at radius 1 is 0.519 bits per heavy atom. The first-order chi connectivity index (χ1) is 25.5. The molecule has 0 aromatic rings. The lowest BCUT2D eigenvalue weighted by Crippen LogP contribution is -2.45. The third kappa shape index (κ3) is 38.3. The summed E-state index contributed by atoms with van der Waals surface area (Å²) < 4.78 is 5.44. The van der Waals surface area contributed by atoms with Crippen LogP contribution in [0.1, 0.15) is 245 Å². The fourth-order valence-corrected chi connectivity index (χ4v) is 6.98. The number of allylic oxidation sites excluding steroid dienone is 2. The van der Waals surface area contributed by atoms with E-state index in [9.17, 15) is 19.8 Å². The summed E-state index contributed by atoms with van der Waals surface area (Å²) in [5, 5.41) is 23.0. The first kappa shape index (κ1) is 50.6. The minimum Gasteiger partial charge on any atom is -0.466 e. The van der Waals surface area contributed by atoms with Crippen LogP contribution >= 0.6 is 0 Å². The topological polar surface area (TPSA) is 95.9 Å². The van der Waals surface area contributed by atoms with Crippen LogP contribution in [0.2, 0.25) is 0 Å². The summed E-state index contributed by atoms with van der Waals surface area (Å²) >= 11 is 0. The van der Waals surface area contributed by atoms with Crippen molar-refractivity contribution in [2.24, 2.45) is 0 Å². The summed E-state index contributed by atoms with van der Waals surface area (Å²) in [4.78, 5) is 24.3. The van der Waals surface area contributed by atoms with E-state index in [4.69, 9.17) is 4.74 Å². The van der Waals surface area contributed by atoms with Crippen molar-refractivity contribution in [3.8, 4) is 0 Å². The van der Waals surface area contributed by atoms with E-state index in [2.05, 4.69) is 31.3 Å². The summed E-state index contributed by atoms with van der Waals surface area (Å²) in [6, 6.07) is -0.548. The third-order valence-electron chi connectivity index (χ3n) is 10.6. The lowest BCUT2D eigenvalue weighted by molar-refractivity contribution is -0.143. The second-order valence-electron chi connectivity index (χ2n) is 15.7. The molecule has 0 heterocycles. The smallest absolute Gasteiger partial charge is 0.305 e. The van der Waals surface area contributed by atoms with Crippen LogP contribution in [0.5, 0.6) is 0 Å². The van der Waals surface area contributed by atoms with Gasteiger partial charge in [-0.1, -0.05) is 193 Å². The molecule has 52 heavy (non-hydrogen) atoms. The van der Waals surface area contributed by atoms with Gasteiger partial charge in [-0.25, -0.2) is 0 Å². The zero-order valence-corrected chi connectivity index (χ0v) is 34.8. The normalized spacial score (nSPS) is 12.8. The quantitative estimate of drug-likeness (QED) is 0.0329. The molecule has 0 saturated heterocycles. The van der Waals surface area contributed by atoms with E-state index in [0.29, 0.717) is 25.9 Å². The minimum absolute atomic E-state index is 0.0153. The molecule has 0 aliphatic carbocycles. The number of amides is 1. The predicted octanol–water partition coefficient (Wildman–Crippen LogP) is 13.0. The number of rotatable bonds is 42. The zero-order valence-electron chi connectivity index (χ0n) is 34.8. The van der Waals surface area contributed by atoms with Crippen molar-refractivity contribution in [1.29, 1.82) is 0 Å². The van der Waals surface area contributed by atoms with Crippen molar-refractivity contribution < 1.29 is 24.5 Å². The van der Waals surface area contributed by atoms with Crippen LogP contribution in [0.25, 0.3) is 0 Å². The van der Waals surface area contributed by atoms with Crippen LogP contribution < -0.4 is 5.32 Å². The third-order valence-corrected chi connectivity index (χ3v) is 10.6. The van der Waals surface area contributed by atoms with Crippen LogP contribution in [0.4, 0.5) is 0 Å². The molecular formula is C46H89NO5. The first-order valence-corrected chi connectivity index (χ1v) is 22.9. The van der Waals surface area contributed by atoms with Gasteiger partial charge in [-0.05, 0) is 51.4 Å². The number of carbonyl (C=O) groups excluding carboxylic acids is 2. The number of nitrogens with one attached hydrogen (secondary N) is 1. The number of aliphatic hydroxyl groups excluding tert-OH is 2. The molecule has 308 valence electrons. The van der Waals surface area contributed by atoms with E-state index in [1.807, 2.05) is 0 Å². The number of esters is 1. The van der Waals surface area contributed by atoms with Gasteiger partial charge in [-0.3, -0.25) is 9.59 Å². The highest BCUT2D eigenvalue weighted by atomic mass is 16.5. The molecule has 0 fully saturated rings. The van der Waals surface area contributed by atoms with Gasteiger partial charge < -0.3 is 20.3 Å². The molecule has 0 radical (unpaired) electrons. The molecule has 0 aromatic carbocycles. The standard InChI is InChI=1S/C46H89NO5/c1-3-5-7-9-11-13-14-16-20-24-28-32-36-40-46(51)52-41-37-33-29-25-21-18-15-17-19-23-27-31-35-39-45(50)47-43(42-48)44(49)38-34-30-26-22-12-10-8-6-4-2/h13-14,43-44,48-49H,3-12,15-42H2,1-2H3,(H,47,50)/b14-13-. The van der Waals surface area contributed by atoms with Gasteiger partial charge in [0.25, 0.3) is 0 Å². The van der Waals surface area contributed by atoms with Crippen molar-refractivity contribution in [2.75, 3.05) is 13.2 Å². The molecule has 6 heteroatoms. The Balaban J connectivity index is 3.44. The maximum atomic E-state index is 12.4. The van der Waals surface area contributed by atoms with E-state index < -0.39 is 12.1 Å². The molecule has 0 aliphatic heterocycles. The molecule has 2 unspecified atom stereocenters. The van der Waals surface area contributed by atoms with E-state index >= 15 is 0 Å². The Hall–Kier alpha value is -1.40. The number of aliphatic hydroxyl groups is 2. The van der Waals surface area contributed by atoms with Crippen LogP contribution in [0, 0.1) is 0 Å². The molecule has 0 spiro atoms. The molecular weight excluding hydrogens is 647 g/mol. The van der Waals surface area contributed by atoms with E-state index in [0.717, 1.165) is 51.4 Å². The maximum absolute atomic E-state index is 12.4. The van der Waals surface area contributed by atoms with Gasteiger partial charge in [0.15, 0.2) is 0 Å². The average Bonchev–Trinajstić information content (AvgIpc) is 3.14. The number of unbranched alkanes of at least 4 members (excludes halogenated alkanes) is 29. The summed E-state index contributed by atoms with van der Waals surface area (Å²) in [6.07, 6.45) is 46.0. The molecule has 0 saturated carbocycles. The number of carbonyl (C=O) groups is 2. The summed E-state index contributed by atoms with van der Waals surface area (Å²) in [5.74, 6) is -0.0664. The predicted molar refractivity (Wildman–Crippen MR) is 223 cm³/mol. The van der Waals surface area contributed by atoms with E-state index in [-0.39, 0.29) is 18.5 Å². The average molecular weight is 736 g/mol. The monoisotopic (exact) mass is 736 g/mol. The molecule has 3 N–H and O–H groups in total. The highest BCUT2D eigenvalue weighted by Crippen LogP contribution is 2.15. The lowest BCUT2D eigenvalue weighted by Gasteiger charge is -2.22. The second kappa shape index (κ2) is 42.3. The van der Waals surface area contributed by atoms with Crippen LogP contribution in [0.3, 0.4) is 0 Å². The van der Waals surface area contributed by atoms with Gasteiger partial charge in [0.2, 0.25) is 5.91 Å². The summed E-state index contributed by atoms with van der Waals surface area (Å²) in [7, 11) is 0. The Kier molecular flexibility index (Phi) is 41.2. The molecule has 0 rings (SSSR count). The van der Waals surface area contributed by atoms with Crippen molar-refractivity contribution >= 4 is 11.9 Å². The van der Waals surface area contributed by atoms with Gasteiger partial charge in [-0.2, -0.15) is 0 Å². The van der Waals surface area contributed by atoms with Crippen LogP contribution in [-0.4, -0.2) is 47.4 Å². The Bertz CT molecular complexity index is 772. The zero-order chi connectivity index (χ0) is 38.0. The van der Waals surface area contributed by atoms with E-state index in [1.54, 1.807) is 0 Å². The van der Waals surface area contributed by atoms with E-state index in [1.165, 1.54) is 161 Å². The number of hydrogen-bond donors (Lipinski definition) is 3. The van der Waals surface area contributed by atoms with Crippen molar-refractivity contribution in [1.82, 2.24) is 5.32 Å². The summed E-state index contributed by atoms with van der Waals surface area (Å²) in [5.41, 5.74) is 0. The Labute approximate surface area is 323 Å². The largest absolute Gasteiger partial charge is 0.466 e. The van der Waals surface area contributed by atoms with Gasteiger partial charge in [0, 0.05) is 12.8 Å². The minimum atomic E-state index is -0.669. The summed E-state index contributed by atoms with van der Waals surface area (Å²) in [6.45, 7) is 4.88. The first-order valence-electron chi connectivity index (χ1n) is 22.9. The maximum Gasteiger partial charge on any atom is 0.305 e. The van der Waals surface area contributed by atoms with Crippen molar-refractivity contribution in [3.05, 3.63) is 12.2 Å².